The van der Waals surface area contributed by atoms with E-state index in [1.165, 1.54) is 6.16 Å². The van der Waals surface area contributed by atoms with Gasteiger partial charge in [0.05, 0.1) is 0 Å². The summed E-state index contributed by atoms with van der Waals surface area (Å²) in [5.41, 5.74) is 0. The zero-order valence-electron chi connectivity index (χ0n) is 10.3. The zero-order chi connectivity index (χ0) is 11.2. The van der Waals surface area contributed by atoms with E-state index in [0.717, 1.165) is 12.5 Å². The van der Waals surface area contributed by atoms with E-state index in [2.05, 4.69) is 20.0 Å². The van der Waals surface area contributed by atoms with Gasteiger partial charge in [0, 0.05) is 0 Å². The van der Waals surface area contributed by atoms with Crippen LogP contribution in [-0.2, 0) is 13.3 Å². The molecule has 0 aromatic rings. The molecule has 5 heteroatoms. The summed E-state index contributed by atoms with van der Waals surface area (Å²) in [6.07, 6.45) is 2.45. The first-order valence-electron chi connectivity index (χ1n) is 5.04. The average Bonchev–Trinajstić information content (AvgIpc) is 2.11. The zero-order valence-corrected chi connectivity index (χ0v) is 12.3. The monoisotopic (exact) mass is 240 g/mol. The topological polar surface area (TPSA) is 27.7 Å². The molecule has 0 saturated heterocycles. The Labute approximate surface area is 89.8 Å². The molecule has 0 atom stereocenters. The van der Waals surface area contributed by atoms with E-state index < -0.39 is 16.1 Å². The second kappa shape index (κ2) is 6.18. The fraction of sp³-hybridized carbons (Fsp3) is 1.00. The van der Waals surface area contributed by atoms with Gasteiger partial charge in [0.2, 0.25) is 0 Å². The van der Waals surface area contributed by atoms with Crippen molar-refractivity contribution in [1.82, 2.24) is 0 Å². The van der Waals surface area contributed by atoms with E-state index in [0.29, 0.717) is 0 Å². The Morgan fingerprint density at radius 1 is 0.929 bits per heavy atom. The van der Waals surface area contributed by atoms with Crippen molar-refractivity contribution < 1.29 is 13.3 Å². The summed E-state index contributed by atoms with van der Waals surface area (Å²) in [6.45, 7) is 7.13. The Balaban J connectivity index is 3.95. The van der Waals surface area contributed by atoms with Crippen molar-refractivity contribution in [2.24, 2.45) is 0 Å². The minimum absolute atomic E-state index is 0.931. The predicted octanol–water partition coefficient (Wildman–Crippen LogP) is 1.89. The van der Waals surface area contributed by atoms with Crippen molar-refractivity contribution in [2.75, 3.05) is 47.5 Å². The summed E-state index contributed by atoms with van der Waals surface area (Å²) in [6, 6.07) is 0.931. The third kappa shape index (κ3) is 5.42. The van der Waals surface area contributed by atoms with Gasteiger partial charge in [-0.05, 0) is 0 Å². The number of hydrogen-bond donors (Lipinski definition) is 0. The van der Waals surface area contributed by atoms with Gasteiger partial charge >= 0.3 is 89.3 Å². The van der Waals surface area contributed by atoms with E-state index in [1.807, 2.05) is 0 Å². The third-order valence-corrected chi connectivity index (χ3v) is 7.03. The maximum absolute atomic E-state index is 5.36. The van der Waals surface area contributed by atoms with Gasteiger partial charge in [-0.15, -0.1) is 0 Å². The Morgan fingerprint density at radius 3 is 1.64 bits per heavy atom. The van der Waals surface area contributed by atoms with Gasteiger partial charge < -0.3 is 0 Å². The molecule has 0 aliphatic carbocycles. The van der Waals surface area contributed by atoms with Crippen LogP contribution in [0.1, 0.15) is 6.42 Å². The Bertz CT molecular complexity index is 146. The van der Waals surface area contributed by atoms with Crippen LogP contribution < -0.4 is 0 Å². The first-order valence-corrected chi connectivity index (χ1v) is 10.7. The van der Waals surface area contributed by atoms with E-state index in [9.17, 15) is 0 Å². The quantitative estimate of drug-likeness (QED) is 0.502. The van der Waals surface area contributed by atoms with Gasteiger partial charge in [-0.2, -0.15) is 0 Å². The van der Waals surface area contributed by atoms with Gasteiger partial charge in [-0.1, -0.05) is 0 Å². The minimum atomic E-state index is -2.29. The number of rotatable bonds is 7. The van der Waals surface area contributed by atoms with Crippen molar-refractivity contribution in [3.8, 4) is 0 Å². The molecular formula is C9H25O3PSi. The van der Waals surface area contributed by atoms with Crippen LogP contribution >= 0.6 is 7.26 Å². The van der Waals surface area contributed by atoms with Crippen LogP contribution in [0, 0.1) is 0 Å². The molecule has 0 rings (SSSR count). The molecule has 14 heavy (non-hydrogen) atoms. The van der Waals surface area contributed by atoms with Crippen LogP contribution in [0.15, 0.2) is 0 Å². The van der Waals surface area contributed by atoms with Gasteiger partial charge in [0.1, 0.15) is 0 Å². The molecule has 0 aliphatic rings. The maximum atomic E-state index is 5.36. The standard InChI is InChI=1S/C9H25O3PSi/c1-10-14(11-2,12-3)9-7-8-13(4,5)6/h13H,7-9H2,1-6H3. The number of hydrogen-bond acceptors (Lipinski definition) is 3. The molecule has 0 unspecified atom stereocenters. The second-order valence-electron chi connectivity index (χ2n) is 4.71. The van der Waals surface area contributed by atoms with Gasteiger partial charge in [0.25, 0.3) is 0 Å². The first kappa shape index (κ1) is 14.5. The van der Waals surface area contributed by atoms with E-state index in [1.54, 1.807) is 21.3 Å². The fourth-order valence-corrected chi connectivity index (χ4v) is 4.70. The molecule has 3 nitrogen and oxygen atoms in total. The normalized spacial score (nSPS) is 14.4. The van der Waals surface area contributed by atoms with E-state index in [4.69, 9.17) is 13.3 Å². The molecule has 0 saturated carbocycles. The van der Waals surface area contributed by atoms with Crippen LogP contribution in [0.3, 0.4) is 0 Å². The van der Waals surface area contributed by atoms with Crippen molar-refractivity contribution in [1.29, 1.82) is 0 Å². The van der Waals surface area contributed by atoms with Gasteiger partial charge in [-0.25, -0.2) is 0 Å². The molecule has 0 heterocycles. The summed E-state index contributed by atoms with van der Waals surface area (Å²) < 4.78 is 16.1. The molecule has 0 aromatic heterocycles. The molecule has 0 radical (unpaired) electrons. The summed E-state index contributed by atoms with van der Waals surface area (Å²) in [4.78, 5) is 0. The Hall–Kier alpha value is 0.527. The molecule has 0 bridgehead atoms. The Morgan fingerprint density at radius 2 is 1.36 bits per heavy atom. The molecule has 0 amide bonds. The molecular weight excluding hydrogens is 215 g/mol. The van der Waals surface area contributed by atoms with Gasteiger partial charge in [0.15, 0.2) is 0 Å². The summed E-state index contributed by atoms with van der Waals surface area (Å²) in [5.74, 6) is 0. The molecule has 0 fully saturated rings. The van der Waals surface area contributed by atoms with Crippen LogP contribution in [0.4, 0.5) is 0 Å². The molecule has 0 N–H and O–H groups in total. The van der Waals surface area contributed by atoms with E-state index in [-0.39, 0.29) is 0 Å². The van der Waals surface area contributed by atoms with Crippen molar-refractivity contribution in [2.45, 2.75) is 12.5 Å². The molecule has 0 spiro atoms. The van der Waals surface area contributed by atoms with Gasteiger partial charge in [-0.3, -0.25) is 0 Å². The summed E-state index contributed by atoms with van der Waals surface area (Å²) >= 11 is 0. The fourth-order valence-electron chi connectivity index (χ4n) is 1.39. The average molecular weight is 240 g/mol. The van der Waals surface area contributed by atoms with Crippen molar-refractivity contribution in [3.05, 3.63) is 0 Å². The Kier molecular flexibility index (Phi) is 6.42. The molecule has 0 aromatic carbocycles. The predicted molar refractivity (Wildman–Crippen MR) is 67.2 cm³/mol. The van der Waals surface area contributed by atoms with E-state index >= 15 is 0 Å². The SMILES string of the molecule is CO[Si](CCC[PH](C)(C)C)(OC)OC. The molecule has 88 valence electrons. The van der Waals surface area contributed by atoms with Crippen molar-refractivity contribution >= 4 is 16.1 Å². The summed E-state index contributed by atoms with van der Waals surface area (Å²) in [5, 5.41) is 0. The third-order valence-electron chi connectivity index (χ3n) is 2.34. The summed E-state index contributed by atoms with van der Waals surface area (Å²) in [7, 11) is 1.79. The van der Waals surface area contributed by atoms with Crippen LogP contribution in [0.2, 0.25) is 6.04 Å². The first-order chi connectivity index (χ1) is 6.39. The van der Waals surface area contributed by atoms with Crippen molar-refractivity contribution in [3.63, 3.8) is 0 Å². The molecule has 0 aliphatic heterocycles. The van der Waals surface area contributed by atoms with Crippen LogP contribution in [0.5, 0.6) is 0 Å². The van der Waals surface area contributed by atoms with Crippen LogP contribution in [-0.4, -0.2) is 56.3 Å². The second-order valence-corrected chi connectivity index (χ2v) is 13.4. The van der Waals surface area contributed by atoms with Crippen LogP contribution in [0.25, 0.3) is 0 Å².